The number of rotatable bonds is 4. The van der Waals surface area contributed by atoms with Crippen molar-refractivity contribution in [3.8, 4) is 0 Å². The van der Waals surface area contributed by atoms with Gasteiger partial charge in [0.2, 0.25) is 5.91 Å². The van der Waals surface area contributed by atoms with Crippen LogP contribution in [0.1, 0.15) is 24.4 Å². The van der Waals surface area contributed by atoms with Gasteiger partial charge in [-0.1, -0.05) is 30.3 Å². The Labute approximate surface area is 107 Å². The van der Waals surface area contributed by atoms with Crippen LogP contribution in [-0.4, -0.2) is 35.6 Å². The van der Waals surface area contributed by atoms with E-state index in [2.05, 4.69) is 0 Å². The predicted molar refractivity (Wildman–Crippen MR) is 69.8 cm³/mol. The summed E-state index contributed by atoms with van der Waals surface area (Å²) in [4.78, 5) is 14.1. The number of carbonyl (C=O) groups excluding carboxylic acids is 1. The summed E-state index contributed by atoms with van der Waals surface area (Å²) in [5.41, 5.74) is 6.85. The van der Waals surface area contributed by atoms with Gasteiger partial charge in [0.25, 0.3) is 0 Å². The zero-order chi connectivity index (χ0) is 13.0. The molecule has 1 aromatic rings. The predicted octanol–water partition coefficient (Wildman–Crippen LogP) is 0.917. The third-order valence-corrected chi connectivity index (χ3v) is 3.56. The molecule has 0 aromatic heterocycles. The highest BCUT2D eigenvalue weighted by molar-refractivity contribution is 5.83. The van der Waals surface area contributed by atoms with Crippen LogP contribution in [0.15, 0.2) is 30.3 Å². The van der Waals surface area contributed by atoms with Gasteiger partial charge in [-0.2, -0.15) is 0 Å². The van der Waals surface area contributed by atoms with Crippen LogP contribution in [0.4, 0.5) is 0 Å². The second-order valence-corrected chi connectivity index (χ2v) is 4.84. The number of benzene rings is 1. The molecule has 3 N–H and O–H groups in total. The molecule has 2 rings (SSSR count). The Kier molecular flexibility index (Phi) is 4.33. The van der Waals surface area contributed by atoms with Crippen LogP contribution in [0, 0.1) is 5.92 Å². The van der Waals surface area contributed by atoms with E-state index < -0.39 is 6.04 Å². The highest BCUT2D eigenvalue weighted by Crippen LogP contribution is 2.22. The van der Waals surface area contributed by atoms with Crippen LogP contribution in [0.25, 0.3) is 0 Å². The molecule has 1 amide bonds. The maximum Gasteiger partial charge on any atom is 0.244 e. The van der Waals surface area contributed by atoms with Crippen molar-refractivity contribution in [2.75, 3.05) is 19.7 Å². The normalized spacial score (nSPS) is 21.0. The molecule has 0 spiro atoms. The van der Waals surface area contributed by atoms with Crippen molar-refractivity contribution >= 4 is 5.91 Å². The van der Waals surface area contributed by atoms with Gasteiger partial charge in [-0.3, -0.25) is 4.79 Å². The first kappa shape index (κ1) is 13.1. The molecule has 1 aliphatic rings. The van der Waals surface area contributed by atoms with Gasteiger partial charge >= 0.3 is 0 Å². The van der Waals surface area contributed by atoms with Crippen LogP contribution in [0.3, 0.4) is 0 Å². The van der Waals surface area contributed by atoms with Gasteiger partial charge in [0, 0.05) is 19.7 Å². The monoisotopic (exact) mass is 248 g/mol. The second-order valence-electron chi connectivity index (χ2n) is 4.84. The molecule has 1 saturated heterocycles. The highest BCUT2D eigenvalue weighted by Gasteiger charge is 2.29. The Morgan fingerprint density at radius 1 is 1.44 bits per heavy atom. The lowest BCUT2D eigenvalue weighted by Gasteiger charge is -2.21. The number of aliphatic hydroxyl groups is 1. The fraction of sp³-hybridized carbons (Fsp3) is 0.500. The zero-order valence-corrected chi connectivity index (χ0v) is 10.5. The molecule has 98 valence electrons. The Balaban J connectivity index is 1.96. The van der Waals surface area contributed by atoms with Crippen molar-refractivity contribution in [1.29, 1.82) is 0 Å². The fourth-order valence-electron chi connectivity index (χ4n) is 2.45. The van der Waals surface area contributed by atoms with Crippen LogP contribution in [0.5, 0.6) is 0 Å². The Hall–Kier alpha value is -1.39. The summed E-state index contributed by atoms with van der Waals surface area (Å²) in [6, 6.07) is 8.88. The van der Waals surface area contributed by atoms with E-state index in [1.807, 2.05) is 35.2 Å². The standard InChI is InChI=1S/C14H20N2O2/c15-13(12-4-2-1-3-5-12)14(18)16-8-6-11(10-16)7-9-17/h1-5,11,13,17H,6-10,15H2/t11?,13-/m0/s1. The van der Waals surface area contributed by atoms with Crippen LogP contribution in [-0.2, 0) is 4.79 Å². The summed E-state index contributed by atoms with van der Waals surface area (Å²) >= 11 is 0. The molecule has 0 saturated carbocycles. The molecule has 1 unspecified atom stereocenters. The SMILES string of the molecule is N[C@H](C(=O)N1CCC(CCO)C1)c1ccccc1. The van der Waals surface area contributed by atoms with Crippen molar-refractivity contribution in [3.63, 3.8) is 0 Å². The molecule has 0 radical (unpaired) electrons. The van der Waals surface area contributed by atoms with Gasteiger partial charge in [-0.25, -0.2) is 0 Å². The van der Waals surface area contributed by atoms with Crippen molar-refractivity contribution in [2.24, 2.45) is 11.7 Å². The minimum Gasteiger partial charge on any atom is -0.396 e. The summed E-state index contributed by atoms with van der Waals surface area (Å²) in [5.74, 6) is 0.406. The number of hydrogen-bond donors (Lipinski definition) is 2. The Morgan fingerprint density at radius 2 is 2.17 bits per heavy atom. The van der Waals surface area contributed by atoms with Gasteiger partial charge in [-0.05, 0) is 24.3 Å². The number of likely N-dealkylation sites (tertiary alicyclic amines) is 1. The number of amides is 1. The van der Waals surface area contributed by atoms with Crippen molar-refractivity contribution in [1.82, 2.24) is 4.90 Å². The molecule has 2 atom stereocenters. The molecule has 1 aromatic carbocycles. The maximum absolute atomic E-state index is 12.2. The summed E-state index contributed by atoms with van der Waals surface area (Å²) in [7, 11) is 0. The molecule has 1 aliphatic heterocycles. The number of nitrogens with two attached hydrogens (primary N) is 1. The van der Waals surface area contributed by atoms with Gasteiger partial charge in [0.1, 0.15) is 6.04 Å². The molecular formula is C14H20N2O2. The molecule has 4 nitrogen and oxygen atoms in total. The first-order valence-electron chi connectivity index (χ1n) is 6.42. The summed E-state index contributed by atoms with van der Waals surface area (Å²) in [5, 5.41) is 8.91. The number of hydrogen-bond acceptors (Lipinski definition) is 3. The fourth-order valence-corrected chi connectivity index (χ4v) is 2.45. The van der Waals surface area contributed by atoms with Crippen molar-refractivity contribution in [2.45, 2.75) is 18.9 Å². The number of carbonyl (C=O) groups is 1. The van der Waals surface area contributed by atoms with Gasteiger partial charge < -0.3 is 15.7 Å². The highest BCUT2D eigenvalue weighted by atomic mass is 16.3. The van der Waals surface area contributed by atoms with Crippen LogP contribution < -0.4 is 5.73 Å². The molecule has 0 aliphatic carbocycles. The quantitative estimate of drug-likeness (QED) is 0.832. The summed E-state index contributed by atoms with van der Waals surface area (Å²) < 4.78 is 0. The molecular weight excluding hydrogens is 228 g/mol. The van der Waals surface area contributed by atoms with E-state index >= 15 is 0 Å². The topological polar surface area (TPSA) is 66.6 Å². The first-order chi connectivity index (χ1) is 8.72. The van der Waals surface area contributed by atoms with Crippen LogP contribution >= 0.6 is 0 Å². The largest absolute Gasteiger partial charge is 0.396 e. The third-order valence-electron chi connectivity index (χ3n) is 3.56. The van der Waals surface area contributed by atoms with Crippen LogP contribution in [0.2, 0.25) is 0 Å². The van der Waals surface area contributed by atoms with Gasteiger partial charge in [0.15, 0.2) is 0 Å². The lowest BCUT2D eigenvalue weighted by Crippen LogP contribution is -2.37. The molecule has 1 heterocycles. The van der Waals surface area contributed by atoms with Crippen molar-refractivity contribution < 1.29 is 9.90 Å². The lowest BCUT2D eigenvalue weighted by molar-refractivity contribution is -0.131. The zero-order valence-electron chi connectivity index (χ0n) is 10.5. The van der Waals surface area contributed by atoms with Crippen molar-refractivity contribution in [3.05, 3.63) is 35.9 Å². The van der Waals surface area contributed by atoms with Gasteiger partial charge in [0.05, 0.1) is 0 Å². The van der Waals surface area contributed by atoms with E-state index in [0.29, 0.717) is 5.92 Å². The molecule has 1 fully saturated rings. The van der Waals surface area contributed by atoms with E-state index in [0.717, 1.165) is 31.5 Å². The van der Waals surface area contributed by atoms with E-state index in [-0.39, 0.29) is 12.5 Å². The summed E-state index contributed by atoms with van der Waals surface area (Å²) in [6.45, 7) is 1.67. The van der Waals surface area contributed by atoms with E-state index in [4.69, 9.17) is 10.8 Å². The average molecular weight is 248 g/mol. The van der Waals surface area contributed by atoms with Gasteiger partial charge in [-0.15, -0.1) is 0 Å². The second kappa shape index (κ2) is 5.98. The minimum absolute atomic E-state index is 0.0124. The summed E-state index contributed by atoms with van der Waals surface area (Å²) in [6.07, 6.45) is 1.73. The molecule has 18 heavy (non-hydrogen) atoms. The Bertz CT molecular complexity index is 394. The smallest absolute Gasteiger partial charge is 0.244 e. The molecule has 4 heteroatoms. The average Bonchev–Trinajstić information content (AvgIpc) is 2.87. The minimum atomic E-state index is -0.570. The third kappa shape index (κ3) is 2.89. The Morgan fingerprint density at radius 3 is 2.83 bits per heavy atom. The first-order valence-corrected chi connectivity index (χ1v) is 6.42. The number of aliphatic hydroxyl groups excluding tert-OH is 1. The van der Waals surface area contributed by atoms with E-state index in [1.165, 1.54) is 0 Å². The lowest BCUT2D eigenvalue weighted by atomic mass is 10.1. The number of nitrogens with zero attached hydrogens (tertiary/aromatic N) is 1. The van der Waals surface area contributed by atoms with E-state index in [9.17, 15) is 4.79 Å². The maximum atomic E-state index is 12.2. The van der Waals surface area contributed by atoms with E-state index in [1.54, 1.807) is 0 Å². The molecule has 0 bridgehead atoms.